The van der Waals surface area contributed by atoms with Crippen LogP contribution in [0.15, 0.2) is 0 Å². The van der Waals surface area contributed by atoms with Crippen LogP contribution >= 0.6 is 0 Å². The third kappa shape index (κ3) is 3.53. The van der Waals surface area contributed by atoms with Gasteiger partial charge in [0.25, 0.3) is 0 Å². The highest BCUT2D eigenvalue weighted by Gasteiger charge is 2.42. The van der Waals surface area contributed by atoms with Gasteiger partial charge in [-0.3, -0.25) is 10.1 Å². The summed E-state index contributed by atoms with van der Waals surface area (Å²) < 4.78 is 5.64. The average Bonchev–Trinajstić information content (AvgIpc) is 2.65. The summed E-state index contributed by atoms with van der Waals surface area (Å²) >= 11 is 0. The van der Waals surface area contributed by atoms with E-state index in [2.05, 4.69) is 37.9 Å². The topological polar surface area (TPSA) is 41.6 Å². The lowest BCUT2D eigenvalue weighted by molar-refractivity contribution is -0.135. The van der Waals surface area contributed by atoms with E-state index in [0.717, 1.165) is 38.7 Å². The van der Waals surface area contributed by atoms with Crippen LogP contribution in [0.4, 0.5) is 0 Å². The molecule has 2 saturated heterocycles. The Kier molecular flexibility index (Phi) is 5.44. The third-order valence-corrected chi connectivity index (χ3v) is 4.40. The second-order valence-corrected chi connectivity index (χ2v) is 6.76. The molecule has 2 fully saturated rings. The van der Waals surface area contributed by atoms with Crippen molar-refractivity contribution in [1.29, 1.82) is 0 Å². The van der Waals surface area contributed by atoms with Gasteiger partial charge in [0.2, 0.25) is 5.91 Å². The highest BCUT2D eigenvalue weighted by molar-refractivity contribution is 5.84. The van der Waals surface area contributed by atoms with Crippen molar-refractivity contribution in [3.05, 3.63) is 0 Å². The second kappa shape index (κ2) is 6.90. The van der Waals surface area contributed by atoms with E-state index in [1.807, 2.05) is 0 Å². The molecule has 1 amide bonds. The van der Waals surface area contributed by atoms with Crippen LogP contribution in [0.5, 0.6) is 0 Å². The van der Waals surface area contributed by atoms with Crippen LogP contribution in [0.1, 0.15) is 59.8 Å². The molecule has 0 saturated carbocycles. The van der Waals surface area contributed by atoms with Gasteiger partial charge in [0, 0.05) is 12.6 Å². The Balaban J connectivity index is 2.10. The Morgan fingerprint density at radius 2 is 2.20 bits per heavy atom. The van der Waals surface area contributed by atoms with Gasteiger partial charge in [-0.2, -0.15) is 0 Å². The van der Waals surface area contributed by atoms with E-state index in [9.17, 15) is 4.79 Å². The zero-order chi connectivity index (χ0) is 14.7. The maximum absolute atomic E-state index is 12.7. The van der Waals surface area contributed by atoms with Gasteiger partial charge in [0.05, 0.1) is 18.3 Å². The summed E-state index contributed by atoms with van der Waals surface area (Å²) in [5, 5.41) is 3.57. The van der Waals surface area contributed by atoms with Gasteiger partial charge in [0.15, 0.2) is 0 Å². The molecule has 4 heteroatoms. The standard InChI is InChI=1S/C16H30N2O2/c1-5-6-14-16(19)18(15(17-14)9-11(2)3)13-7-8-20-12(4)10-13/h11-15,17H,5-10H2,1-4H3. The minimum Gasteiger partial charge on any atom is -0.378 e. The summed E-state index contributed by atoms with van der Waals surface area (Å²) in [4.78, 5) is 14.9. The van der Waals surface area contributed by atoms with E-state index in [-0.39, 0.29) is 18.3 Å². The lowest BCUT2D eigenvalue weighted by Gasteiger charge is -2.37. The minimum atomic E-state index is 0.0295. The number of carbonyl (C=O) groups excluding carboxylic acids is 1. The first kappa shape index (κ1) is 15.8. The lowest BCUT2D eigenvalue weighted by atomic mass is 10.00. The number of nitrogens with one attached hydrogen (secondary N) is 1. The molecule has 116 valence electrons. The first-order valence-corrected chi connectivity index (χ1v) is 8.22. The van der Waals surface area contributed by atoms with E-state index in [1.165, 1.54) is 0 Å². The van der Waals surface area contributed by atoms with Gasteiger partial charge in [-0.05, 0) is 38.5 Å². The largest absolute Gasteiger partial charge is 0.378 e. The molecule has 4 nitrogen and oxygen atoms in total. The molecule has 0 bridgehead atoms. The number of ether oxygens (including phenoxy) is 1. The van der Waals surface area contributed by atoms with Crippen molar-refractivity contribution < 1.29 is 9.53 Å². The van der Waals surface area contributed by atoms with Gasteiger partial charge in [-0.15, -0.1) is 0 Å². The number of nitrogens with zero attached hydrogens (tertiary/aromatic N) is 1. The van der Waals surface area contributed by atoms with E-state index >= 15 is 0 Å². The molecule has 2 aliphatic rings. The first-order chi connectivity index (χ1) is 9.52. The molecule has 4 atom stereocenters. The molecular formula is C16H30N2O2. The van der Waals surface area contributed by atoms with Crippen molar-refractivity contribution in [3.8, 4) is 0 Å². The predicted octanol–water partition coefficient (Wildman–Crippen LogP) is 2.53. The van der Waals surface area contributed by atoms with E-state index in [4.69, 9.17) is 4.74 Å². The van der Waals surface area contributed by atoms with E-state index in [0.29, 0.717) is 17.9 Å². The highest BCUT2D eigenvalue weighted by atomic mass is 16.5. The third-order valence-electron chi connectivity index (χ3n) is 4.40. The molecule has 2 heterocycles. The fourth-order valence-electron chi connectivity index (χ4n) is 3.50. The van der Waals surface area contributed by atoms with Crippen LogP contribution in [0.25, 0.3) is 0 Å². The van der Waals surface area contributed by atoms with Crippen molar-refractivity contribution in [2.24, 2.45) is 5.92 Å². The van der Waals surface area contributed by atoms with Gasteiger partial charge in [-0.25, -0.2) is 0 Å². The van der Waals surface area contributed by atoms with Crippen molar-refractivity contribution in [1.82, 2.24) is 10.2 Å². The van der Waals surface area contributed by atoms with Gasteiger partial charge in [0.1, 0.15) is 0 Å². The second-order valence-electron chi connectivity index (χ2n) is 6.76. The number of rotatable bonds is 5. The molecule has 0 aromatic carbocycles. The number of amides is 1. The monoisotopic (exact) mass is 282 g/mol. The number of carbonyl (C=O) groups is 1. The Morgan fingerprint density at radius 3 is 2.80 bits per heavy atom. The van der Waals surface area contributed by atoms with Crippen LogP contribution in [-0.2, 0) is 9.53 Å². The molecule has 0 aromatic rings. The van der Waals surface area contributed by atoms with Gasteiger partial charge >= 0.3 is 0 Å². The molecule has 0 spiro atoms. The summed E-state index contributed by atoms with van der Waals surface area (Å²) in [6.07, 6.45) is 5.48. The van der Waals surface area contributed by atoms with Crippen LogP contribution in [0.3, 0.4) is 0 Å². The maximum Gasteiger partial charge on any atom is 0.241 e. The number of hydrogen-bond donors (Lipinski definition) is 1. The summed E-state index contributed by atoms with van der Waals surface area (Å²) in [6.45, 7) is 9.49. The van der Waals surface area contributed by atoms with Crippen LogP contribution in [0.2, 0.25) is 0 Å². The average molecular weight is 282 g/mol. The summed E-state index contributed by atoms with van der Waals surface area (Å²) in [5.74, 6) is 0.914. The molecule has 0 aliphatic carbocycles. The van der Waals surface area contributed by atoms with Crippen molar-refractivity contribution in [2.45, 2.75) is 84.2 Å². The highest BCUT2D eigenvalue weighted by Crippen LogP contribution is 2.28. The quantitative estimate of drug-likeness (QED) is 0.842. The molecule has 4 unspecified atom stereocenters. The molecule has 2 aliphatic heterocycles. The maximum atomic E-state index is 12.7. The Labute approximate surface area is 123 Å². The molecule has 0 radical (unpaired) electrons. The van der Waals surface area contributed by atoms with Gasteiger partial charge < -0.3 is 9.64 Å². The summed E-state index contributed by atoms with van der Waals surface area (Å²) in [6, 6.07) is 0.381. The number of hydrogen-bond acceptors (Lipinski definition) is 3. The van der Waals surface area contributed by atoms with Crippen molar-refractivity contribution in [3.63, 3.8) is 0 Å². The summed E-state index contributed by atoms with van der Waals surface area (Å²) in [7, 11) is 0. The zero-order valence-electron chi connectivity index (χ0n) is 13.4. The van der Waals surface area contributed by atoms with Crippen molar-refractivity contribution >= 4 is 5.91 Å². The minimum absolute atomic E-state index is 0.0295. The molecule has 20 heavy (non-hydrogen) atoms. The van der Waals surface area contributed by atoms with Crippen LogP contribution in [0, 0.1) is 5.92 Å². The van der Waals surface area contributed by atoms with E-state index in [1.54, 1.807) is 0 Å². The summed E-state index contributed by atoms with van der Waals surface area (Å²) in [5.41, 5.74) is 0. The zero-order valence-corrected chi connectivity index (χ0v) is 13.4. The van der Waals surface area contributed by atoms with Gasteiger partial charge in [-0.1, -0.05) is 27.2 Å². The van der Waals surface area contributed by atoms with Crippen LogP contribution in [-0.4, -0.2) is 41.8 Å². The fourth-order valence-corrected chi connectivity index (χ4v) is 3.50. The molecular weight excluding hydrogens is 252 g/mol. The molecule has 2 rings (SSSR count). The smallest absolute Gasteiger partial charge is 0.241 e. The Hall–Kier alpha value is -0.610. The van der Waals surface area contributed by atoms with Crippen molar-refractivity contribution in [2.75, 3.05) is 6.61 Å². The Morgan fingerprint density at radius 1 is 1.45 bits per heavy atom. The first-order valence-electron chi connectivity index (χ1n) is 8.22. The SMILES string of the molecule is CCCC1NC(CC(C)C)N(C2CCOC(C)C2)C1=O. The Bertz CT molecular complexity index is 332. The van der Waals surface area contributed by atoms with Crippen LogP contribution < -0.4 is 5.32 Å². The molecule has 0 aromatic heterocycles. The van der Waals surface area contributed by atoms with E-state index < -0.39 is 0 Å². The lowest BCUT2D eigenvalue weighted by Crippen LogP contribution is -2.48. The normalized spacial score (nSPS) is 35.0. The predicted molar refractivity (Wildman–Crippen MR) is 80.4 cm³/mol. The molecule has 1 N–H and O–H groups in total. The fraction of sp³-hybridized carbons (Fsp3) is 0.938.